The van der Waals surface area contributed by atoms with Crippen LogP contribution in [0.25, 0.3) is 0 Å². The third-order valence-corrected chi connectivity index (χ3v) is 9.27. The number of rotatable bonds is 10. The summed E-state index contributed by atoms with van der Waals surface area (Å²) in [6.45, 7) is 2.91. The van der Waals surface area contributed by atoms with Crippen molar-refractivity contribution in [3.63, 3.8) is 0 Å². The molecule has 1 aromatic carbocycles. The van der Waals surface area contributed by atoms with Gasteiger partial charge in [0.25, 0.3) is 5.56 Å². The van der Waals surface area contributed by atoms with E-state index in [1.807, 2.05) is 6.07 Å². The van der Waals surface area contributed by atoms with Crippen LogP contribution < -0.4 is 15.2 Å². The summed E-state index contributed by atoms with van der Waals surface area (Å²) in [5.74, 6) is 0.362. The molecule has 1 atom stereocenters. The molecule has 0 radical (unpaired) electrons. The van der Waals surface area contributed by atoms with E-state index in [0.717, 1.165) is 19.4 Å². The van der Waals surface area contributed by atoms with Gasteiger partial charge in [-0.1, -0.05) is 11.6 Å². The predicted molar refractivity (Wildman–Crippen MR) is 145 cm³/mol. The fourth-order valence-corrected chi connectivity index (χ4v) is 6.61. The Morgan fingerprint density at radius 1 is 1.26 bits per heavy atom. The molecule has 3 heterocycles. The van der Waals surface area contributed by atoms with Crippen molar-refractivity contribution >= 4 is 33.2 Å². The SMILES string of the molecule is COCCN(c1ccc(C#N)cc1)S(=O)(=O)N1CCC(n2ncc(NC[C@H]3CCCOC3)c(Cl)c2=O)CC1. The highest BCUT2D eigenvalue weighted by atomic mass is 35.5. The minimum absolute atomic E-state index is 0.0818. The largest absolute Gasteiger partial charge is 0.383 e. The third-order valence-electron chi connectivity index (χ3n) is 6.94. The monoisotopic (exact) mass is 564 g/mol. The van der Waals surface area contributed by atoms with Crippen molar-refractivity contribution in [2.24, 2.45) is 5.92 Å². The summed E-state index contributed by atoms with van der Waals surface area (Å²) in [5.41, 5.74) is 1.00. The van der Waals surface area contributed by atoms with E-state index < -0.39 is 15.8 Å². The number of nitrogens with one attached hydrogen (secondary N) is 1. The van der Waals surface area contributed by atoms with Gasteiger partial charge in [-0.15, -0.1) is 0 Å². The first-order valence-corrected chi connectivity index (χ1v) is 14.5. The van der Waals surface area contributed by atoms with Crippen LogP contribution in [-0.2, 0) is 19.7 Å². The van der Waals surface area contributed by atoms with Gasteiger partial charge in [0.05, 0.1) is 55.0 Å². The quantitative estimate of drug-likeness (QED) is 0.466. The highest BCUT2D eigenvalue weighted by molar-refractivity contribution is 7.90. The van der Waals surface area contributed by atoms with Gasteiger partial charge in [-0.2, -0.15) is 23.1 Å². The Bertz CT molecular complexity index is 1280. The van der Waals surface area contributed by atoms with E-state index in [2.05, 4.69) is 10.4 Å². The Labute approximate surface area is 228 Å². The standard InChI is InChI=1S/C25H33ClN6O5S/c1-36-14-12-31(21-6-4-19(15-27)5-7-21)38(34,35)30-10-8-22(9-11-30)32-25(33)24(26)23(17-29-32)28-16-20-3-2-13-37-18-20/h4-7,17,20,22,28H,2-3,8-14,16,18H2,1H3/t20-/m1/s1. The molecule has 1 N–H and O–H groups in total. The Hall–Kier alpha value is -2.69. The summed E-state index contributed by atoms with van der Waals surface area (Å²) < 4.78 is 41.8. The van der Waals surface area contributed by atoms with Crippen LogP contribution in [0, 0.1) is 17.2 Å². The molecule has 13 heteroatoms. The van der Waals surface area contributed by atoms with Gasteiger partial charge in [0.2, 0.25) is 0 Å². The fraction of sp³-hybridized carbons (Fsp3) is 0.560. The molecule has 2 saturated heterocycles. The number of aromatic nitrogens is 2. The Balaban J connectivity index is 1.43. The summed E-state index contributed by atoms with van der Waals surface area (Å²) in [6, 6.07) is 8.16. The fourth-order valence-electron chi connectivity index (χ4n) is 4.76. The molecular formula is C25H33ClN6O5S. The summed E-state index contributed by atoms with van der Waals surface area (Å²) in [5, 5.41) is 16.7. The maximum atomic E-state index is 13.6. The van der Waals surface area contributed by atoms with Crippen molar-refractivity contribution in [3.05, 3.63) is 51.4 Å². The van der Waals surface area contributed by atoms with Crippen molar-refractivity contribution < 1.29 is 17.9 Å². The number of nitrogens with zero attached hydrogens (tertiary/aromatic N) is 5. The highest BCUT2D eigenvalue weighted by Gasteiger charge is 2.34. The lowest BCUT2D eigenvalue weighted by molar-refractivity contribution is 0.0595. The van der Waals surface area contributed by atoms with Crippen molar-refractivity contribution in [1.29, 1.82) is 5.26 Å². The first-order valence-electron chi connectivity index (χ1n) is 12.7. The number of ether oxygens (including phenoxy) is 2. The molecule has 206 valence electrons. The van der Waals surface area contributed by atoms with Crippen LogP contribution in [0.2, 0.25) is 5.02 Å². The van der Waals surface area contributed by atoms with Crippen molar-refractivity contribution in [1.82, 2.24) is 14.1 Å². The van der Waals surface area contributed by atoms with E-state index in [4.69, 9.17) is 26.3 Å². The lowest BCUT2D eigenvalue weighted by atomic mass is 10.0. The first-order chi connectivity index (χ1) is 18.3. The summed E-state index contributed by atoms with van der Waals surface area (Å²) in [7, 11) is -2.36. The van der Waals surface area contributed by atoms with Crippen LogP contribution >= 0.6 is 11.6 Å². The van der Waals surface area contributed by atoms with Crippen LogP contribution in [0.4, 0.5) is 11.4 Å². The number of anilines is 2. The smallest absolute Gasteiger partial charge is 0.304 e. The number of hydrogen-bond donors (Lipinski definition) is 1. The van der Waals surface area contributed by atoms with Crippen molar-refractivity contribution in [3.8, 4) is 6.07 Å². The summed E-state index contributed by atoms with van der Waals surface area (Å²) >= 11 is 6.40. The van der Waals surface area contributed by atoms with Crippen molar-refractivity contribution in [2.75, 3.05) is 62.7 Å². The highest BCUT2D eigenvalue weighted by Crippen LogP contribution is 2.28. The molecule has 2 aromatic rings. The number of methoxy groups -OCH3 is 1. The van der Waals surface area contributed by atoms with E-state index in [1.165, 1.54) is 20.4 Å². The normalized spacial score (nSPS) is 19.1. The van der Waals surface area contributed by atoms with Crippen LogP contribution in [0.3, 0.4) is 0 Å². The van der Waals surface area contributed by atoms with Gasteiger partial charge >= 0.3 is 10.2 Å². The van der Waals surface area contributed by atoms with Crippen molar-refractivity contribution in [2.45, 2.75) is 31.7 Å². The Morgan fingerprint density at radius 3 is 2.63 bits per heavy atom. The molecule has 0 aliphatic carbocycles. The van der Waals surface area contributed by atoms with Gasteiger partial charge in [-0.3, -0.25) is 9.10 Å². The maximum Gasteiger partial charge on any atom is 0.304 e. The third kappa shape index (κ3) is 6.47. The number of piperidine rings is 1. The molecule has 0 unspecified atom stereocenters. The first kappa shape index (κ1) is 28.3. The van der Waals surface area contributed by atoms with Gasteiger partial charge in [-0.05, 0) is 55.9 Å². The average molecular weight is 565 g/mol. The second-order valence-corrected chi connectivity index (χ2v) is 11.7. The minimum atomic E-state index is -3.87. The van der Waals surface area contributed by atoms with Crippen LogP contribution in [0.1, 0.15) is 37.3 Å². The predicted octanol–water partition coefficient (Wildman–Crippen LogP) is 2.64. The van der Waals surface area contributed by atoms with E-state index in [-0.39, 0.29) is 37.3 Å². The molecule has 1 aromatic heterocycles. The molecule has 11 nitrogen and oxygen atoms in total. The number of benzene rings is 1. The number of hydrogen-bond acceptors (Lipinski definition) is 8. The van der Waals surface area contributed by atoms with E-state index in [0.29, 0.717) is 48.8 Å². The van der Waals surface area contributed by atoms with E-state index in [1.54, 1.807) is 30.5 Å². The molecule has 2 aliphatic heterocycles. The zero-order valence-electron chi connectivity index (χ0n) is 21.4. The second kappa shape index (κ2) is 12.9. The van der Waals surface area contributed by atoms with Crippen LogP contribution in [0.15, 0.2) is 35.3 Å². The van der Waals surface area contributed by atoms with Crippen LogP contribution in [-0.4, -0.2) is 75.6 Å². The molecule has 0 amide bonds. The zero-order valence-corrected chi connectivity index (χ0v) is 23.0. The lowest BCUT2D eigenvalue weighted by Gasteiger charge is -2.35. The van der Waals surface area contributed by atoms with Gasteiger partial charge in [0, 0.05) is 33.4 Å². The minimum Gasteiger partial charge on any atom is -0.383 e. The molecule has 0 bridgehead atoms. The molecule has 2 fully saturated rings. The van der Waals surface area contributed by atoms with E-state index >= 15 is 0 Å². The zero-order chi connectivity index (χ0) is 27.1. The summed E-state index contributed by atoms with van der Waals surface area (Å²) in [6.07, 6.45) is 4.48. The maximum absolute atomic E-state index is 13.6. The Morgan fingerprint density at radius 2 is 2.00 bits per heavy atom. The lowest BCUT2D eigenvalue weighted by Crippen LogP contribution is -2.49. The van der Waals surface area contributed by atoms with Gasteiger partial charge in [0.1, 0.15) is 5.02 Å². The van der Waals surface area contributed by atoms with Gasteiger partial charge < -0.3 is 14.8 Å². The molecule has 2 aliphatic rings. The van der Waals surface area contributed by atoms with Gasteiger partial charge in [-0.25, -0.2) is 4.68 Å². The number of nitriles is 1. The van der Waals surface area contributed by atoms with E-state index in [9.17, 15) is 13.2 Å². The Kier molecular flexibility index (Phi) is 9.62. The topological polar surface area (TPSA) is 130 Å². The average Bonchev–Trinajstić information content (AvgIpc) is 2.95. The van der Waals surface area contributed by atoms with Crippen LogP contribution in [0.5, 0.6) is 0 Å². The molecule has 38 heavy (non-hydrogen) atoms. The second-order valence-electron chi connectivity index (χ2n) is 9.45. The molecule has 0 saturated carbocycles. The number of halogens is 1. The molecule has 0 spiro atoms. The molecular weight excluding hydrogens is 532 g/mol. The van der Waals surface area contributed by atoms with Gasteiger partial charge in [0.15, 0.2) is 0 Å². The molecule has 4 rings (SSSR count). The summed E-state index contributed by atoms with van der Waals surface area (Å²) in [4.78, 5) is 13.0.